The molecule has 0 bridgehead atoms. The maximum absolute atomic E-state index is 12.7. The number of benzene rings is 1. The van der Waals surface area contributed by atoms with Crippen LogP contribution in [-0.2, 0) is 27.9 Å². The van der Waals surface area contributed by atoms with E-state index in [1.54, 1.807) is 18.3 Å². The second-order valence-electron chi connectivity index (χ2n) is 7.43. The highest BCUT2D eigenvalue weighted by Gasteiger charge is 2.25. The van der Waals surface area contributed by atoms with Gasteiger partial charge in [-0.1, -0.05) is 19.1 Å². The smallest absolute Gasteiger partial charge is 0.251 e. The second-order valence-corrected chi connectivity index (χ2v) is 8.99. The summed E-state index contributed by atoms with van der Waals surface area (Å²) in [4.78, 5) is 24.9. The average Bonchev–Trinajstić information content (AvgIpc) is 3.42. The van der Waals surface area contributed by atoms with Crippen molar-refractivity contribution in [2.24, 2.45) is 11.1 Å². The first-order chi connectivity index (χ1) is 15.1. The molecule has 3 aromatic rings. The van der Waals surface area contributed by atoms with Crippen LogP contribution in [0.25, 0.3) is 0 Å². The lowest BCUT2D eigenvalue weighted by Gasteiger charge is -2.19. The maximum atomic E-state index is 12.7. The molecule has 0 aliphatic heterocycles. The molecule has 11 nitrogen and oxygen atoms in total. The third kappa shape index (κ3) is 5.80. The van der Waals surface area contributed by atoms with E-state index in [0.717, 1.165) is 0 Å². The van der Waals surface area contributed by atoms with Crippen molar-refractivity contribution in [2.45, 2.75) is 37.9 Å². The highest BCUT2D eigenvalue weighted by atomic mass is 32.2. The Hall–Kier alpha value is -3.51. The Labute approximate surface area is 185 Å². The second kappa shape index (κ2) is 9.75. The first-order valence-electron chi connectivity index (χ1n) is 9.77. The van der Waals surface area contributed by atoms with Crippen molar-refractivity contribution in [1.29, 1.82) is 0 Å². The van der Waals surface area contributed by atoms with Crippen molar-refractivity contribution in [1.82, 2.24) is 25.6 Å². The monoisotopic (exact) mass is 460 g/mol. The van der Waals surface area contributed by atoms with Crippen LogP contribution in [0.4, 0.5) is 0 Å². The van der Waals surface area contributed by atoms with Gasteiger partial charge < -0.3 is 15.1 Å². The molecule has 0 radical (unpaired) electrons. The minimum Gasteiger partial charge on any atom is -0.467 e. The molecule has 0 saturated heterocycles. The number of carbonyl (C=O) groups is 2. The Morgan fingerprint density at radius 3 is 2.44 bits per heavy atom. The summed E-state index contributed by atoms with van der Waals surface area (Å²) in [7, 11) is -3.83. The molecule has 12 heteroatoms. The van der Waals surface area contributed by atoms with Gasteiger partial charge in [-0.15, -0.1) is 5.10 Å². The number of furan rings is 1. The average molecular weight is 461 g/mol. The lowest BCUT2D eigenvalue weighted by molar-refractivity contribution is -0.126. The maximum Gasteiger partial charge on any atom is 0.251 e. The van der Waals surface area contributed by atoms with E-state index in [-0.39, 0.29) is 35.4 Å². The van der Waals surface area contributed by atoms with E-state index < -0.39 is 22.0 Å². The van der Waals surface area contributed by atoms with Crippen molar-refractivity contribution in [3.8, 4) is 0 Å². The molecule has 2 amide bonds. The number of aromatic nitrogens is 3. The van der Waals surface area contributed by atoms with Crippen LogP contribution in [0.15, 0.2) is 58.2 Å². The Kier molecular flexibility index (Phi) is 7.05. The van der Waals surface area contributed by atoms with Crippen LogP contribution in [-0.4, -0.2) is 35.2 Å². The van der Waals surface area contributed by atoms with Crippen molar-refractivity contribution in [3.63, 3.8) is 0 Å². The summed E-state index contributed by atoms with van der Waals surface area (Å²) in [5.41, 5.74) is 0.728. The summed E-state index contributed by atoms with van der Waals surface area (Å²) in [5, 5.41) is 18.6. The number of primary sulfonamides is 1. The Morgan fingerprint density at radius 1 is 1.12 bits per heavy atom. The first-order valence-corrected chi connectivity index (χ1v) is 11.3. The van der Waals surface area contributed by atoms with Crippen molar-refractivity contribution in [3.05, 3.63) is 65.9 Å². The van der Waals surface area contributed by atoms with E-state index in [2.05, 4.69) is 20.9 Å². The number of nitrogens with zero attached hydrogens (tertiary/aromatic N) is 3. The molecular formula is C20H24N6O5S. The lowest BCUT2D eigenvalue weighted by Crippen LogP contribution is -2.35. The van der Waals surface area contributed by atoms with Gasteiger partial charge in [-0.25, -0.2) is 18.2 Å². The molecule has 4 N–H and O–H groups in total. The van der Waals surface area contributed by atoms with Crippen LogP contribution < -0.4 is 15.8 Å². The Balaban J connectivity index is 1.60. The largest absolute Gasteiger partial charge is 0.467 e. The van der Waals surface area contributed by atoms with Gasteiger partial charge in [-0.05, 0) is 42.3 Å². The Bertz CT molecular complexity index is 1170. The van der Waals surface area contributed by atoms with Gasteiger partial charge in [0.2, 0.25) is 15.9 Å². The summed E-state index contributed by atoms with van der Waals surface area (Å²) in [6, 6.07) is 8.17. The van der Waals surface area contributed by atoms with E-state index >= 15 is 0 Å². The zero-order valence-corrected chi connectivity index (χ0v) is 18.4. The van der Waals surface area contributed by atoms with E-state index in [1.165, 1.54) is 35.2 Å². The summed E-state index contributed by atoms with van der Waals surface area (Å²) < 4.78 is 29.3. The number of amides is 2. The van der Waals surface area contributed by atoms with Gasteiger partial charge in [-0.3, -0.25) is 9.59 Å². The van der Waals surface area contributed by atoms with E-state index in [4.69, 9.17) is 9.56 Å². The number of nitrogens with one attached hydrogen (secondary N) is 2. The van der Waals surface area contributed by atoms with E-state index in [0.29, 0.717) is 11.5 Å². The van der Waals surface area contributed by atoms with Gasteiger partial charge in [-0.2, -0.15) is 0 Å². The number of hydrogen-bond acceptors (Lipinski definition) is 7. The fraction of sp³-hybridized carbons (Fsp3) is 0.300. The number of rotatable bonds is 9. The quantitative estimate of drug-likeness (QED) is 0.428. The summed E-state index contributed by atoms with van der Waals surface area (Å²) in [6.07, 6.45) is 3.13. The van der Waals surface area contributed by atoms with Gasteiger partial charge in [0, 0.05) is 5.56 Å². The van der Waals surface area contributed by atoms with Gasteiger partial charge in [0.25, 0.3) is 5.91 Å². The predicted molar refractivity (Wildman–Crippen MR) is 113 cm³/mol. The third-order valence-electron chi connectivity index (χ3n) is 4.63. The number of carbonyl (C=O) groups excluding carboxylic acids is 2. The van der Waals surface area contributed by atoms with Crippen LogP contribution in [0.2, 0.25) is 0 Å². The molecule has 1 unspecified atom stereocenters. The van der Waals surface area contributed by atoms with Crippen LogP contribution in [0, 0.1) is 5.92 Å². The normalized spacial score (nSPS) is 12.5. The molecular weight excluding hydrogens is 436 g/mol. The van der Waals surface area contributed by atoms with Gasteiger partial charge >= 0.3 is 0 Å². The highest BCUT2D eigenvalue weighted by molar-refractivity contribution is 7.89. The first kappa shape index (κ1) is 23.2. The molecule has 0 fully saturated rings. The SMILES string of the molecule is CC(C)C(C(=O)NCc1ccco1)n1cc(CNC(=O)c2ccc(S(N)(=O)=O)cc2)nn1. The topological polar surface area (TPSA) is 162 Å². The fourth-order valence-electron chi connectivity index (χ4n) is 3.02. The Morgan fingerprint density at radius 2 is 1.84 bits per heavy atom. The highest BCUT2D eigenvalue weighted by Crippen LogP contribution is 2.17. The molecule has 0 aliphatic carbocycles. The zero-order valence-electron chi connectivity index (χ0n) is 17.6. The standard InChI is InChI=1S/C20H24N6O5S/c1-13(2)18(20(28)23-11-16-4-3-9-31-16)26-12-15(24-25-26)10-22-19(27)14-5-7-17(8-6-14)32(21,29)30/h3-9,12-13,18H,10-11H2,1-2H3,(H,22,27)(H,23,28)(H2,21,29,30). The van der Waals surface area contributed by atoms with Gasteiger partial charge in [0.15, 0.2) is 0 Å². The van der Waals surface area contributed by atoms with Crippen molar-refractivity contribution < 1.29 is 22.4 Å². The molecule has 1 atom stereocenters. The molecule has 0 saturated carbocycles. The molecule has 170 valence electrons. The molecule has 0 aliphatic rings. The number of hydrogen-bond donors (Lipinski definition) is 3. The van der Waals surface area contributed by atoms with Gasteiger partial charge in [0.1, 0.15) is 17.5 Å². The molecule has 2 aromatic heterocycles. The number of nitrogens with two attached hydrogens (primary N) is 1. The molecule has 32 heavy (non-hydrogen) atoms. The summed E-state index contributed by atoms with van der Waals surface area (Å²) in [5.74, 6) is -0.0722. The van der Waals surface area contributed by atoms with Crippen LogP contribution in [0.5, 0.6) is 0 Å². The zero-order chi connectivity index (χ0) is 23.3. The van der Waals surface area contributed by atoms with Gasteiger partial charge in [0.05, 0.1) is 30.4 Å². The van der Waals surface area contributed by atoms with E-state index in [9.17, 15) is 18.0 Å². The number of sulfonamides is 1. The summed E-state index contributed by atoms with van der Waals surface area (Å²) >= 11 is 0. The minimum atomic E-state index is -3.83. The molecule has 3 rings (SSSR count). The van der Waals surface area contributed by atoms with Crippen LogP contribution >= 0.6 is 0 Å². The molecule has 2 heterocycles. The van der Waals surface area contributed by atoms with Crippen molar-refractivity contribution in [2.75, 3.05) is 0 Å². The predicted octanol–water partition coefficient (Wildman–Crippen LogP) is 0.962. The molecule has 1 aromatic carbocycles. The van der Waals surface area contributed by atoms with Crippen LogP contribution in [0.3, 0.4) is 0 Å². The molecule has 0 spiro atoms. The van der Waals surface area contributed by atoms with Crippen LogP contribution in [0.1, 0.15) is 41.7 Å². The fourth-order valence-corrected chi connectivity index (χ4v) is 3.53. The van der Waals surface area contributed by atoms with Crippen molar-refractivity contribution >= 4 is 21.8 Å². The summed E-state index contributed by atoms with van der Waals surface area (Å²) in [6.45, 7) is 4.13. The third-order valence-corrected chi connectivity index (χ3v) is 5.56. The lowest BCUT2D eigenvalue weighted by atomic mass is 10.0. The van der Waals surface area contributed by atoms with E-state index in [1.807, 2.05) is 13.8 Å². The minimum absolute atomic E-state index is 0.0620.